The minimum atomic E-state index is -3.55. The van der Waals surface area contributed by atoms with Gasteiger partial charge in [-0.2, -0.15) is 0 Å². The van der Waals surface area contributed by atoms with Crippen molar-refractivity contribution in [2.75, 3.05) is 32.7 Å². The number of aromatic nitrogens is 6. The maximum Gasteiger partial charge on any atom is 0.257 e. The molecular formula is C20H23ClN6O5S. The molecule has 176 valence electrons. The number of sulfone groups is 1. The zero-order valence-electron chi connectivity index (χ0n) is 18.1. The largest absolute Gasteiger partial charge is 0.485 e. The summed E-state index contributed by atoms with van der Waals surface area (Å²) in [7, 11) is -1.98. The third-order valence-corrected chi connectivity index (χ3v) is 6.68. The number of halogens is 1. The highest BCUT2D eigenvalue weighted by molar-refractivity contribution is 7.90. The molecule has 1 aliphatic heterocycles. The van der Waals surface area contributed by atoms with Crippen molar-refractivity contribution in [1.82, 2.24) is 29.7 Å². The summed E-state index contributed by atoms with van der Waals surface area (Å²) in [5.41, 5.74) is 0.623. The van der Waals surface area contributed by atoms with Gasteiger partial charge in [0.2, 0.25) is 0 Å². The Labute approximate surface area is 196 Å². The van der Waals surface area contributed by atoms with Crippen molar-refractivity contribution in [3.05, 3.63) is 41.3 Å². The molecule has 0 saturated carbocycles. The molecule has 1 atom stereocenters. The first-order chi connectivity index (χ1) is 15.9. The molecule has 0 saturated heterocycles. The van der Waals surface area contributed by atoms with Gasteiger partial charge in [-0.1, -0.05) is 11.6 Å². The first-order valence-corrected chi connectivity index (χ1v) is 12.5. The van der Waals surface area contributed by atoms with Gasteiger partial charge in [-0.25, -0.2) is 23.4 Å². The molecule has 0 aromatic carbocycles. The number of aryl methyl sites for hydroxylation is 1. The highest BCUT2D eigenvalue weighted by Gasteiger charge is 2.31. The van der Waals surface area contributed by atoms with Crippen molar-refractivity contribution in [2.24, 2.45) is 0 Å². The van der Waals surface area contributed by atoms with Gasteiger partial charge in [0.1, 0.15) is 24.0 Å². The first kappa shape index (κ1) is 23.3. The standard InChI is InChI=1S/C20H23ClN6O5S/c1-3-31-20-18-15(4-6-22-20)19-26-25-17(27(19)14(10-30-2)11-32-18)12-33(28,29)7-5-16-23-8-13(21)9-24-16/h4,6,8-9,14H,3,5,7,10-12H2,1-2H3/t14-/m1/s1. The molecule has 0 aliphatic carbocycles. The SMILES string of the molecule is CCOc1nccc2c1OC[C@@H](COC)n1c(CS(=O)(=O)CCc3ncc(Cl)cn3)nnc1-2. The van der Waals surface area contributed by atoms with Crippen molar-refractivity contribution < 1.29 is 22.6 Å². The number of methoxy groups -OCH3 is 1. The number of nitrogens with zero attached hydrogens (tertiary/aromatic N) is 6. The van der Waals surface area contributed by atoms with Gasteiger partial charge in [-0.3, -0.25) is 0 Å². The molecule has 4 heterocycles. The number of hydrogen-bond acceptors (Lipinski definition) is 10. The molecule has 0 amide bonds. The zero-order chi connectivity index (χ0) is 23.4. The van der Waals surface area contributed by atoms with Crippen LogP contribution in [0.3, 0.4) is 0 Å². The Hall–Kier alpha value is -2.83. The fourth-order valence-corrected chi connectivity index (χ4v) is 4.85. The summed E-state index contributed by atoms with van der Waals surface area (Å²) >= 11 is 5.79. The quantitative estimate of drug-likeness (QED) is 0.434. The fraction of sp³-hybridized carbons (Fsp3) is 0.450. The van der Waals surface area contributed by atoms with Crippen LogP contribution in [0.4, 0.5) is 0 Å². The van der Waals surface area contributed by atoms with Crippen molar-refractivity contribution in [3.8, 4) is 23.0 Å². The van der Waals surface area contributed by atoms with E-state index in [9.17, 15) is 8.42 Å². The Morgan fingerprint density at radius 2 is 2.03 bits per heavy atom. The Kier molecular flexibility index (Phi) is 7.05. The Morgan fingerprint density at radius 3 is 2.76 bits per heavy atom. The molecule has 1 aliphatic rings. The van der Waals surface area contributed by atoms with Gasteiger partial charge in [-0.05, 0) is 13.0 Å². The van der Waals surface area contributed by atoms with Crippen LogP contribution in [0.25, 0.3) is 11.4 Å². The summed E-state index contributed by atoms with van der Waals surface area (Å²) in [5.74, 6) is 1.53. The minimum Gasteiger partial charge on any atom is -0.485 e. The second-order valence-corrected chi connectivity index (χ2v) is 9.94. The van der Waals surface area contributed by atoms with E-state index in [4.69, 9.17) is 25.8 Å². The number of fused-ring (bicyclic) bond motifs is 3. The molecule has 11 nitrogen and oxygen atoms in total. The van der Waals surface area contributed by atoms with Crippen LogP contribution in [0.15, 0.2) is 24.7 Å². The van der Waals surface area contributed by atoms with Crippen LogP contribution in [0.2, 0.25) is 5.02 Å². The Morgan fingerprint density at radius 1 is 1.24 bits per heavy atom. The Bertz CT molecular complexity index is 1220. The minimum absolute atomic E-state index is 0.142. The van der Waals surface area contributed by atoms with Gasteiger partial charge in [0.15, 0.2) is 21.4 Å². The molecule has 0 unspecified atom stereocenters. The van der Waals surface area contributed by atoms with Gasteiger partial charge >= 0.3 is 0 Å². The molecule has 0 bridgehead atoms. The van der Waals surface area contributed by atoms with E-state index in [2.05, 4.69) is 25.1 Å². The highest BCUT2D eigenvalue weighted by atomic mass is 35.5. The van der Waals surface area contributed by atoms with Crippen LogP contribution >= 0.6 is 11.6 Å². The lowest BCUT2D eigenvalue weighted by Crippen LogP contribution is -2.24. The van der Waals surface area contributed by atoms with Crippen molar-refractivity contribution >= 4 is 21.4 Å². The molecular weight excluding hydrogens is 472 g/mol. The number of pyridine rings is 1. The summed E-state index contributed by atoms with van der Waals surface area (Å²) in [6, 6.07) is 1.40. The van der Waals surface area contributed by atoms with Crippen molar-refractivity contribution in [3.63, 3.8) is 0 Å². The average Bonchev–Trinajstić information content (AvgIpc) is 3.11. The smallest absolute Gasteiger partial charge is 0.257 e. The molecule has 4 rings (SSSR count). The second-order valence-electron chi connectivity index (χ2n) is 7.32. The third kappa shape index (κ3) is 5.23. The maximum atomic E-state index is 12.9. The van der Waals surface area contributed by atoms with Gasteiger partial charge in [-0.15, -0.1) is 10.2 Å². The lowest BCUT2D eigenvalue weighted by Gasteiger charge is -2.18. The molecule has 0 N–H and O–H groups in total. The monoisotopic (exact) mass is 494 g/mol. The summed E-state index contributed by atoms with van der Waals surface area (Å²) in [6.07, 6.45) is 4.63. The van der Waals surface area contributed by atoms with Crippen LogP contribution in [-0.2, 0) is 26.7 Å². The van der Waals surface area contributed by atoms with E-state index >= 15 is 0 Å². The molecule has 13 heteroatoms. The molecule has 33 heavy (non-hydrogen) atoms. The number of hydrogen-bond donors (Lipinski definition) is 0. The number of rotatable bonds is 9. The van der Waals surface area contributed by atoms with Crippen molar-refractivity contribution in [1.29, 1.82) is 0 Å². The van der Waals surface area contributed by atoms with E-state index in [-0.39, 0.29) is 37.2 Å². The third-order valence-electron chi connectivity index (χ3n) is 4.96. The van der Waals surface area contributed by atoms with E-state index in [0.717, 1.165) is 0 Å². The van der Waals surface area contributed by atoms with Crippen LogP contribution in [-0.4, -0.2) is 70.8 Å². The fourth-order valence-electron chi connectivity index (χ4n) is 3.53. The molecule has 3 aromatic rings. The highest BCUT2D eigenvalue weighted by Crippen LogP contribution is 2.40. The van der Waals surface area contributed by atoms with Gasteiger partial charge < -0.3 is 18.8 Å². The lowest BCUT2D eigenvalue weighted by molar-refractivity contribution is 0.122. The van der Waals surface area contributed by atoms with Gasteiger partial charge in [0.05, 0.1) is 35.6 Å². The van der Waals surface area contributed by atoms with E-state index in [1.165, 1.54) is 12.4 Å². The van der Waals surface area contributed by atoms with Crippen LogP contribution in [0.1, 0.15) is 24.6 Å². The van der Waals surface area contributed by atoms with E-state index in [1.54, 1.807) is 23.9 Å². The van der Waals surface area contributed by atoms with Crippen LogP contribution < -0.4 is 9.47 Å². The van der Waals surface area contributed by atoms with E-state index < -0.39 is 9.84 Å². The topological polar surface area (TPSA) is 131 Å². The average molecular weight is 495 g/mol. The van der Waals surface area contributed by atoms with Crippen LogP contribution in [0.5, 0.6) is 11.6 Å². The summed E-state index contributed by atoms with van der Waals surface area (Å²) in [5, 5.41) is 8.90. The van der Waals surface area contributed by atoms with E-state index in [1.807, 2.05) is 6.92 Å². The van der Waals surface area contributed by atoms with Gasteiger partial charge in [0.25, 0.3) is 5.88 Å². The summed E-state index contributed by atoms with van der Waals surface area (Å²) < 4.78 is 44.5. The zero-order valence-corrected chi connectivity index (χ0v) is 19.7. The Balaban J connectivity index is 1.64. The normalized spacial score (nSPS) is 15.3. The van der Waals surface area contributed by atoms with Gasteiger partial charge in [0, 0.05) is 32.1 Å². The van der Waals surface area contributed by atoms with Crippen LogP contribution in [0, 0.1) is 0 Å². The number of ether oxygens (including phenoxy) is 3. The maximum absolute atomic E-state index is 12.9. The summed E-state index contributed by atoms with van der Waals surface area (Å²) in [4.78, 5) is 12.3. The molecule has 3 aromatic heterocycles. The lowest BCUT2D eigenvalue weighted by atomic mass is 10.2. The molecule has 0 fully saturated rings. The first-order valence-electron chi connectivity index (χ1n) is 10.3. The predicted octanol–water partition coefficient (Wildman–Crippen LogP) is 1.92. The second kappa shape index (κ2) is 9.98. The van der Waals surface area contributed by atoms with Crippen molar-refractivity contribution in [2.45, 2.75) is 25.1 Å². The molecule has 0 radical (unpaired) electrons. The summed E-state index contributed by atoms with van der Waals surface area (Å²) in [6.45, 7) is 2.76. The predicted molar refractivity (Wildman–Crippen MR) is 119 cm³/mol. The molecule has 0 spiro atoms. The van der Waals surface area contributed by atoms with E-state index in [0.29, 0.717) is 46.3 Å².